The minimum atomic E-state index is -4.64. The summed E-state index contributed by atoms with van der Waals surface area (Å²) in [5.74, 6) is -0.0953. The van der Waals surface area contributed by atoms with Crippen LogP contribution >= 0.6 is 11.6 Å². The van der Waals surface area contributed by atoms with Gasteiger partial charge in [0, 0.05) is 36.8 Å². The van der Waals surface area contributed by atoms with Crippen molar-refractivity contribution in [1.29, 1.82) is 0 Å². The van der Waals surface area contributed by atoms with Crippen molar-refractivity contribution < 1.29 is 35.9 Å². The molecule has 1 aromatic heterocycles. The molecule has 8 nitrogen and oxygen atoms in total. The number of alkyl halides is 6. The predicted octanol–water partition coefficient (Wildman–Crippen LogP) is 8.24. The number of tetrazole rings is 1. The monoisotopic (exact) mass is 700 g/mol. The summed E-state index contributed by atoms with van der Waals surface area (Å²) in [6.45, 7) is 3.70. The van der Waals surface area contributed by atoms with Gasteiger partial charge in [0.15, 0.2) is 0 Å². The third kappa shape index (κ3) is 7.84. The molecule has 15 heteroatoms. The fourth-order valence-corrected chi connectivity index (χ4v) is 7.81. The molecule has 0 spiro atoms. The molecule has 2 aliphatic rings. The summed E-state index contributed by atoms with van der Waals surface area (Å²) in [7, 11) is 2.90. The van der Waals surface area contributed by atoms with Crippen LogP contribution in [-0.2, 0) is 35.5 Å². The highest BCUT2D eigenvalue weighted by Crippen LogP contribution is 2.47. The zero-order valence-corrected chi connectivity index (χ0v) is 28.0. The molecular formula is C33H39ClF6N6O2. The summed E-state index contributed by atoms with van der Waals surface area (Å²) in [6.07, 6.45) is -4.41. The van der Waals surface area contributed by atoms with Gasteiger partial charge in [-0.3, -0.25) is 4.79 Å². The van der Waals surface area contributed by atoms with Gasteiger partial charge < -0.3 is 14.5 Å². The quantitative estimate of drug-likeness (QED) is 0.173. The minimum absolute atomic E-state index is 0.0347. The molecule has 3 atom stereocenters. The van der Waals surface area contributed by atoms with E-state index in [1.54, 1.807) is 18.0 Å². The molecule has 262 valence electrons. The highest BCUT2D eigenvalue weighted by molar-refractivity contribution is 6.30. The minimum Gasteiger partial charge on any atom is -0.469 e. The van der Waals surface area contributed by atoms with Gasteiger partial charge in [-0.05, 0) is 97.0 Å². The average molecular weight is 701 g/mol. The Labute approximate surface area is 280 Å². The van der Waals surface area contributed by atoms with E-state index in [0.29, 0.717) is 37.2 Å². The van der Waals surface area contributed by atoms with Crippen molar-refractivity contribution in [3.63, 3.8) is 0 Å². The van der Waals surface area contributed by atoms with E-state index in [9.17, 15) is 31.1 Å². The van der Waals surface area contributed by atoms with Gasteiger partial charge in [0.05, 0.1) is 31.3 Å². The molecule has 5 rings (SSSR count). The topological polar surface area (TPSA) is 76.4 Å². The van der Waals surface area contributed by atoms with Crippen LogP contribution in [0.15, 0.2) is 24.3 Å². The SMILES string of the molecule is COC(=O)CC1CCCCC1CN1CCCC(N(Cc2cc(Cl)cc(C(F)(F)F)c2)c2nnn(C)n2)c2cc(C)c(C(F)(F)F)c(C)c21. The van der Waals surface area contributed by atoms with Crippen molar-refractivity contribution >= 4 is 29.2 Å². The van der Waals surface area contributed by atoms with Crippen LogP contribution in [0.3, 0.4) is 0 Å². The van der Waals surface area contributed by atoms with Crippen LogP contribution in [0.1, 0.15) is 84.4 Å². The molecule has 3 aromatic rings. The van der Waals surface area contributed by atoms with Gasteiger partial charge in [0.1, 0.15) is 0 Å². The van der Waals surface area contributed by atoms with Crippen LogP contribution in [0.25, 0.3) is 0 Å². The third-order valence-electron chi connectivity index (χ3n) is 9.58. The summed E-state index contributed by atoms with van der Waals surface area (Å²) in [5.41, 5.74) is -0.233. The summed E-state index contributed by atoms with van der Waals surface area (Å²) < 4.78 is 90.0. The highest BCUT2D eigenvalue weighted by Gasteiger charge is 2.41. The van der Waals surface area contributed by atoms with Gasteiger partial charge in [-0.15, -0.1) is 5.10 Å². The molecule has 1 fully saturated rings. The molecule has 1 aliphatic carbocycles. The normalized spacial score (nSPS) is 20.3. The van der Waals surface area contributed by atoms with E-state index in [1.165, 1.54) is 31.8 Å². The van der Waals surface area contributed by atoms with E-state index < -0.39 is 29.5 Å². The second-order valence-electron chi connectivity index (χ2n) is 12.9. The molecule has 2 aromatic carbocycles. The van der Waals surface area contributed by atoms with Crippen molar-refractivity contribution in [1.82, 2.24) is 20.2 Å². The van der Waals surface area contributed by atoms with Gasteiger partial charge in [0.25, 0.3) is 5.95 Å². The number of aromatic nitrogens is 4. The molecule has 48 heavy (non-hydrogen) atoms. The molecule has 2 heterocycles. The number of rotatable bonds is 8. The van der Waals surface area contributed by atoms with E-state index in [-0.39, 0.29) is 58.4 Å². The maximum Gasteiger partial charge on any atom is 0.416 e. The van der Waals surface area contributed by atoms with E-state index in [4.69, 9.17) is 16.3 Å². The maximum atomic E-state index is 14.6. The van der Waals surface area contributed by atoms with Crippen molar-refractivity contribution in [3.8, 4) is 0 Å². The van der Waals surface area contributed by atoms with Crippen molar-refractivity contribution in [2.24, 2.45) is 18.9 Å². The second kappa shape index (κ2) is 14.1. The Balaban J connectivity index is 1.63. The Morgan fingerprint density at radius 1 is 1.00 bits per heavy atom. The summed E-state index contributed by atoms with van der Waals surface area (Å²) in [6, 6.07) is 4.21. The lowest BCUT2D eigenvalue weighted by molar-refractivity contribution is -0.142. The van der Waals surface area contributed by atoms with Crippen LogP contribution in [0.2, 0.25) is 5.02 Å². The molecule has 1 aliphatic heterocycles. The number of carbonyl (C=O) groups excluding carboxylic acids is 1. The number of nitrogens with zero attached hydrogens (tertiary/aromatic N) is 6. The molecule has 0 bridgehead atoms. The Hall–Kier alpha value is -3.55. The molecule has 0 N–H and O–H groups in total. The van der Waals surface area contributed by atoms with E-state index >= 15 is 0 Å². The maximum absolute atomic E-state index is 14.6. The van der Waals surface area contributed by atoms with Gasteiger partial charge in [-0.1, -0.05) is 35.6 Å². The van der Waals surface area contributed by atoms with Gasteiger partial charge in [-0.2, -0.15) is 31.1 Å². The number of halogens is 7. The Bertz CT molecular complexity index is 1630. The smallest absolute Gasteiger partial charge is 0.416 e. The number of fused-ring (bicyclic) bond motifs is 1. The number of carbonyl (C=O) groups is 1. The number of methoxy groups -OCH3 is 1. The lowest BCUT2D eigenvalue weighted by atomic mass is 9.77. The zero-order chi connectivity index (χ0) is 35.0. The summed E-state index contributed by atoms with van der Waals surface area (Å²) >= 11 is 6.14. The van der Waals surface area contributed by atoms with Crippen LogP contribution < -0.4 is 9.80 Å². The van der Waals surface area contributed by atoms with Crippen molar-refractivity contribution in [2.75, 3.05) is 30.0 Å². The zero-order valence-electron chi connectivity index (χ0n) is 27.3. The Morgan fingerprint density at radius 2 is 1.71 bits per heavy atom. The predicted molar refractivity (Wildman–Crippen MR) is 169 cm³/mol. The lowest BCUT2D eigenvalue weighted by Gasteiger charge is -2.38. The number of esters is 1. The number of anilines is 2. The summed E-state index contributed by atoms with van der Waals surface area (Å²) in [5, 5.41) is 12.4. The van der Waals surface area contributed by atoms with Crippen LogP contribution in [-0.4, -0.2) is 46.4 Å². The largest absolute Gasteiger partial charge is 0.469 e. The van der Waals surface area contributed by atoms with Crippen molar-refractivity contribution in [2.45, 2.75) is 83.7 Å². The molecule has 0 saturated heterocycles. The molecule has 0 amide bonds. The van der Waals surface area contributed by atoms with Gasteiger partial charge >= 0.3 is 18.3 Å². The van der Waals surface area contributed by atoms with Crippen molar-refractivity contribution in [3.05, 3.63) is 62.7 Å². The molecular weight excluding hydrogens is 662 g/mol. The number of hydrogen-bond acceptors (Lipinski definition) is 7. The first-order valence-corrected chi connectivity index (χ1v) is 16.3. The third-order valence-corrected chi connectivity index (χ3v) is 9.80. The first kappa shape index (κ1) is 35.7. The number of benzene rings is 2. The number of aryl methyl sites for hydroxylation is 2. The second-order valence-corrected chi connectivity index (χ2v) is 13.3. The standard InChI is InChI=1S/C33H39ClF6N6O2/c1-19-12-26-27(46(31-41-43-44(3)42-31)17-21-13-24(32(35,36)37)16-25(34)14-21)10-7-11-45(30(26)20(2)29(19)33(38,39)40)18-23-9-6-5-8-22(23)15-28(47)48-4/h12-14,16,22-23,27H,5-11,15,17-18H2,1-4H3. The Kier molecular flexibility index (Phi) is 10.5. The fourth-order valence-electron chi connectivity index (χ4n) is 7.55. The van der Waals surface area contributed by atoms with Crippen LogP contribution in [0.5, 0.6) is 0 Å². The number of ether oxygens (including phenoxy) is 1. The number of hydrogen-bond donors (Lipinski definition) is 0. The van der Waals surface area contributed by atoms with E-state index in [2.05, 4.69) is 15.4 Å². The summed E-state index contributed by atoms with van der Waals surface area (Å²) in [4.78, 5) is 17.2. The van der Waals surface area contributed by atoms with Gasteiger partial charge in [0.2, 0.25) is 0 Å². The van der Waals surface area contributed by atoms with E-state index in [0.717, 1.165) is 37.8 Å². The highest BCUT2D eigenvalue weighted by atomic mass is 35.5. The molecule has 1 saturated carbocycles. The Morgan fingerprint density at radius 3 is 2.33 bits per heavy atom. The molecule has 0 radical (unpaired) electrons. The molecule has 3 unspecified atom stereocenters. The first-order chi connectivity index (χ1) is 22.6. The van der Waals surface area contributed by atoms with Crippen LogP contribution in [0, 0.1) is 25.7 Å². The first-order valence-electron chi connectivity index (χ1n) is 16.0. The van der Waals surface area contributed by atoms with Crippen LogP contribution in [0.4, 0.5) is 38.0 Å². The van der Waals surface area contributed by atoms with E-state index in [1.807, 2.05) is 4.90 Å². The average Bonchev–Trinajstić information content (AvgIpc) is 3.34. The van der Waals surface area contributed by atoms with Gasteiger partial charge in [-0.25, -0.2) is 0 Å². The lowest BCUT2D eigenvalue weighted by Crippen LogP contribution is -2.37. The fraction of sp³-hybridized carbons (Fsp3) is 0.576.